The molecular formula is C20H22N2O3S. The van der Waals surface area contributed by atoms with E-state index in [0.717, 1.165) is 47.3 Å². The predicted molar refractivity (Wildman–Crippen MR) is 102 cm³/mol. The fraction of sp³-hybridized carbons (Fsp3) is 0.350. The van der Waals surface area contributed by atoms with Gasteiger partial charge in [0.1, 0.15) is 0 Å². The van der Waals surface area contributed by atoms with Crippen molar-refractivity contribution in [2.24, 2.45) is 0 Å². The summed E-state index contributed by atoms with van der Waals surface area (Å²) in [6.07, 6.45) is 2.72. The Hall–Kier alpha value is -2.34. The number of carbonyl (C=O) groups is 1. The van der Waals surface area contributed by atoms with E-state index in [0.29, 0.717) is 18.5 Å². The SMILES string of the molecule is Cc1ccc(C)c(NS(=O)(=O)c2cc3c4c(c2)CCC(=O)N4CCC3)c1. The number of anilines is 2. The number of hydrogen-bond donors (Lipinski definition) is 1. The highest BCUT2D eigenvalue weighted by atomic mass is 32.2. The Morgan fingerprint density at radius 2 is 1.73 bits per heavy atom. The minimum Gasteiger partial charge on any atom is -0.312 e. The first-order valence-corrected chi connectivity index (χ1v) is 10.4. The first-order valence-electron chi connectivity index (χ1n) is 8.91. The van der Waals surface area contributed by atoms with Crippen molar-refractivity contribution in [3.63, 3.8) is 0 Å². The average Bonchev–Trinajstić information content (AvgIpc) is 2.61. The number of amides is 1. The number of nitrogens with one attached hydrogen (secondary N) is 1. The van der Waals surface area contributed by atoms with Gasteiger partial charge in [-0.2, -0.15) is 0 Å². The Labute approximate surface area is 154 Å². The zero-order valence-corrected chi connectivity index (χ0v) is 15.8. The molecule has 5 nitrogen and oxygen atoms in total. The van der Waals surface area contributed by atoms with E-state index < -0.39 is 10.0 Å². The lowest BCUT2D eigenvalue weighted by Crippen LogP contribution is -2.39. The number of nitrogens with zero attached hydrogens (tertiary/aromatic N) is 1. The van der Waals surface area contributed by atoms with Crippen molar-refractivity contribution in [1.29, 1.82) is 0 Å². The summed E-state index contributed by atoms with van der Waals surface area (Å²) in [6.45, 7) is 4.55. The molecule has 2 aliphatic heterocycles. The first kappa shape index (κ1) is 17.1. The van der Waals surface area contributed by atoms with Gasteiger partial charge in [-0.05, 0) is 73.6 Å². The van der Waals surface area contributed by atoms with Gasteiger partial charge in [-0.1, -0.05) is 12.1 Å². The normalized spacial score (nSPS) is 16.4. The monoisotopic (exact) mass is 370 g/mol. The van der Waals surface area contributed by atoms with Crippen LogP contribution >= 0.6 is 0 Å². The number of hydrogen-bond acceptors (Lipinski definition) is 3. The summed E-state index contributed by atoms with van der Waals surface area (Å²) in [5.74, 6) is 0.141. The third-order valence-electron chi connectivity index (χ3n) is 5.20. The van der Waals surface area contributed by atoms with Crippen LogP contribution in [0, 0.1) is 13.8 Å². The van der Waals surface area contributed by atoms with Gasteiger partial charge in [0.25, 0.3) is 10.0 Å². The van der Waals surface area contributed by atoms with E-state index in [1.807, 2.05) is 36.9 Å². The lowest BCUT2D eigenvalue weighted by molar-refractivity contribution is -0.119. The Kier molecular flexibility index (Phi) is 4.03. The summed E-state index contributed by atoms with van der Waals surface area (Å²) >= 11 is 0. The van der Waals surface area contributed by atoms with Gasteiger partial charge >= 0.3 is 0 Å². The van der Waals surface area contributed by atoms with Crippen LogP contribution in [0.2, 0.25) is 0 Å². The number of rotatable bonds is 3. The highest BCUT2D eigenvalue weighted by molar-refractivity contribution is 7.92. The van der Waals surface area contributed by atoms with E-state index in [-0.39, 0.29) is 10.8 Å². The van der Waals surface area contributed by atoms with Crippen LogP contribution in [0.5, 0.6) is 0 Å². The molecule has 2 aliphatic rings. The first-order chi connectivity index (χ1) is 12.3. The van der Waals surface area contributed by atoms with Crippen molar-refractivity contribution in [3.05, 3.63) is 52.6 Å². The molecule has 0 bridgehead atoms. The van der Waals surface area contributed by atoms with E-state index >= 15 is 0 Å². The molecule has 0 atom stereocenters. The van der Waals surface area contributed by atoms with E-state index in [1.165, 1.54) is 0 Å². The maximum atomic E-state index is 13.0. The van der Waals surface area contributed by atoms with Crippen molar-refractivity contribution >= 4 is 27.3 Å². The number of benzene rings is 2. The Bertz CT molecular complexity index is 995. The zero-order chi connectivity index (χ0) is 18.5. The second-order valence-corrected chi connectivity index (χ2v) is 8.85. The number of sulfonamides is 1. The summed E-state index contributed by atoms with van der Waals surface area (Å²) in [7, 11) is -3.68. The lowest BCUT2D eigenvalue weighted by Gasteiger charge is -2.35. The van der Waals surface area contributed by atoms with Gasteiger partial charge < -0.3 is 4.90 Å². The van der Waals surface area contributed by atoms with Crippen molar-refractivity contribution in [3.8, 4) is 0 Å². The highest BCUT2D eigenvalue weighted by Crippen LogP contribution is 2.38. The Morgan fingerprint density at radius 1 is 1.00 bits per heavy atom. The summed E-state index contributed by atoms with van der Waals surface area (Å²) in [6, 6.07) is 9.18. The summed E-state index contributed by atoms with van der Waals surface area (Å²) in [5, 5.41) is 0. The molecule has 1 amide bonds. The molecule has 0 radical (unpaired) electrons. The topological polar surface area (TPSA) is 66.5 Å². The number of carbonyl (C=O) groups excluding carboxylic acids is 1. The molecular weight excluding hydrogens is 348 g/mol. The van der Waals surface area contributed by atoms with Crippen LogP contribution in [0.15, 0.2) is 35.2 Å². The molecule has 0 aromatic heterocycles. The smallest absolute Gasteiger partial charge is 0.261 e. The van der Waals surface area contributed by atoms with Gasteiger partial charge in [0.2, 0.25) is 5.91 Å². The van der Waals surface area contributed by atoms with Gasteiger partial charge in [-0.15, -0.1) is 0 Å². The van der Waals surface area contributed by atoms with Crippen LogP contribution in [0.1, 0.15) is 35.1 Å². The van der Waals surface area contributed by atoms with Gasteiger partial charge in [0.15, 0.2) is 0 Å². The average molecular weight is 370 g/mol. The molecule has 2 aromatic carbocycles. The van der Waals surface area contributed by atoms with Crippen molar-refractivity contribution in [2.45, 2.75) is 44.4 Å². The number of aryl methyl sites for hydroxylation is 4. The van der Waals surface area contributed by atoms with E-state index in [9.17, 15) is 13.2 Å². The fourth-order valence-corrected chi connectivity index (χ4v) is 5.05. The molecule has 2 aromatic rings. The molecule has 0 aliphatic carbocycles. The molecule has 0 saturated carbocycles. The van der Waals surface area contributed by atoms with Gasteiger partial charge in [0.05, 0.1) is 16.3 Å². The second-order valence-electron chi connectivity index (χ2n) is 7.16. The maximum Gasteiger partial charge on any atom is 0.261 e. The minimum atomic E-state index is -3.68. The molecule has 6 heteroatoms. The predicted octanol–water partition coefficient (Wildman–Crippen LogP) is 3.33. The fourth-order valence-electron chi connectivity index (χ4n) is 3.83. The summed E-state index contributed by atoms with van der Waals surface area (Å²) < 4.78 is 28.7. The van der Waals surface area contributed by atoms with Crippen molar-refractivity contribution in [1.82, 2.24) is 0 Å². The molecule has 1 N–H and O–H groups in total. The highest BCUT2D eigenvalue weighted by Gasteiger charge is 2.31. The maximum absolute atomic E-state index is 13.0. The van der Waals surface area contributed by atoms with Crippen LogP contribution in [0.4, 0.5) is 11.4 Å². The molecule has 2 heterocycles. The van der Waals surface area contributed by atoms with Crippen LogP contribution in [0.3, 0.4) is 0 Å². The van der Waals surface area contributed by atoms with Crippen LogP contribution in [-0.2, 0) is 27.7 Å². The zero-order valence-electron chi connectivity index (χ0n) is 15.0. The van der Waals surface area contributed by atoms with Crippen LogP contribution in [0.25, 0.3) is 0 Å². The standard InChI is InChI=1S/C20H22N2O3S/c1-13-5-6-14(2)18(10-13)21-26(24,25)17-11-15-4-3-9-22-19(23)8-7-16(12-17)20(15)22/h5-6,10-12,21H,3-4,7-9H2,1-2H3. The molecule has 0 spiro atoms. The van der Waals surface area contributed by atoms with E-state index in [4.69, 9.17) is 0 Å². The molecule has 0 unspecified atom stereocenters. The minimum absolute atomic E-state index is 0.141. The van der Waals surface area contributed by atoms with Gasteiger partial charge in [0, 0.05) is 13.0 Å². The van der Waals surface area contributed by atoms with Crippen molar-refractivity contribution < 1.29 is 13.2 Å². The molecule has 26 heavy (non-hydrogen) atoms. The second kappa shape index (κ2) is 6.13. The Morgan fingerprint density at radius 3 is 2.50 bits per heavy atom. The largest absolute Gasteiger partial charge is 0.312 e. The molecule has 4 rings (SSSR count). The van der Waals surface area contributed by atoms with Crippen LogP contribution < -0.4 is 9.62 Å². The lowest BCUT2D eigenvalue weighted by atomic mass is 9.92. The van der Waals surface area contributed by atoms with Gasteiger partial charge in [-0.25, -0.2) is 8.42 Å². The van der Waals surface area contributed by atoms with E-state index in [1.54, 1.807) is 12.1 Å². The quantitative estimate of drug-likeness (QED) is 0.901. The molecule has 0 saturated heterocycles. The molecule has 0 fully saturated rings. The third-order valence-corrected chi connectivity index (χ3v) is 6.54. The summed E-state index contributed by atoms with van der Waals surface area (Å²) in [5.41, 5.74) is 5.36. The Balaban J connectivity index is 1.76. The molecule has 136 valence electrons. The van der Waals surface area contributed by atoms with E-state index in [2.05, 4.69) is 4.72 Å². The van der Waals surface area contributed by atoms with Gasteiger partial charge in [-0.3, -0.25) is 9.52 Å². The third kappa shape index (κ3) is 2.88. The van der Waals surface area contributed by atoms with Crippen molar-refractivity contribution in [2.75, 3.05) is 16.2 Å². The summed E-state index contributed by atoms with van der Waals surface area (Å²) in [4.78, 5) is 14.3. The van der Waals surface area contributed by atoms with Crippen LogP contribution in [-0.4, -0.2) is 20.9 Å².